The van der Waals surface area contributed by atoms with E-state index in [0.717, 1.165) is 5.56 Å². The summed E-state index contributed by atoms with van der Waals surface area (Å²) in [6.07, 6.45) is 1.68. The average molecular weight is 370 g/mol. The number of para-hydroxylation sites is 1. The minimum Gasteiger partial charge on any atom is -0.320 e. The Kier molecular flexibility index (Phi) is 3.78. The number of carbonyl (C=O) groups excluding carboxylic acids is 1. The largest absolute Gasteiger partial charge is 0.320 e. The first-order valence-electron chi connectivity index (χ1n) is 7.52. The second kappa shape index (κ2) is 5.98. The summed E-state index contributed by atoms with van der Waals surface area (Å²) in [5.41, 5.74) is 1.84. The quantitative estimate of drug-likeness (QED) is 0.578. The van der Waals surface area contributed by atoms with E-state index in [4.69, 9.17) is 11.6 Å². The van der Waals surface area contributed by atoms with E-state index < -0.39 is 0 Å². The van der Waals surface area contributed by atoms with Crippen LogP contribution in [-0.2, 0) is 0 Å². The lowest BCUT2D eigenvalue weighted by Crippen LogP contribution is -2.14. The maximum Gasteiger partial charge on any atom is 0.266 e. The molecule has 0 bridgehead atoms. The molecule has 124 valence electrons. The maximum atomic E-state index is 12.7. The fourth-order valence-electron chi connectivity index (χ4n) is 2.62. The Morgan fingerprint density at radius 1 is 1.24 bits per heavy atom. The molecule has 5 nitrogen and oxygen atoms in total. The van der Waals surface area contributed by atoms with Gasteiger partial charge >= 0.3 is 0 Å². The van der Waals surface area contributed by atoms with Gasteiger partial charge < -0.3 is 5.32 Å². The predicted octanol–water partition coefficient (Wildman–Crippen LogP) is 4.12. The van der Waals surface area contributed by atoms with Crippen LogP contribution in [-0.4, -0.2) is 15.3 Å². The summed E-state index contributed by atoms with van der Waals surface area (Å²) in [6.45, 7) is 1.90. The number of aromatic nitrogens is 2. The van der Waals surface area contributed by atoms with Gasteiger partial charge in [-0.2, -0.15) is 0 Å². The van der Waals surface area contributed by atoms with E-state index in [-0.39, 0.29) is 11.5 Å². The molecule has 0 spiro atoms. The first-order chi connectivity index (χ1) is 12.0. The van der Waals surface area contributed by atoms with Crippen LogP contribution in [0, 0.1) is 6.92 Å². The molecular formula is C18H12ClN3O2S. The van der Waals surface area contributed by atoms with Gasteiger partial charge in [0.25, 0.3) is 11.5 Å². The van der Waals surface area contributed by atoms with Gasteiger partial charge in [-0.3, -0.25) is 14.0 Å². The van der Waals surface area contributed by atoms with Crippen molar-refractivity contribution in [2.45, 2.75) is 6.92 Å². The van der Waals surface area contributed by atoms with E-state index in [1.54, 1.807) is 42.6 Å². The second-order valence-corrected chi connectivity index (χ2v) is 7.00. The number of benzene rings is 1. The van der Waals surface area contributed by atoms with Gasteiger partial charge in [-0.1, -0.05) is 29.8 Å². The molecule has 0 saturated heterocycles. The van der Waals surface area contributed by atoms with Crippen LogP contribution in [0.1, 0.15) is 15.2 Å². The van der Waals surface area contributed by atoms with Crippen molar-refractivity contribution in [3.63, 3.8) is 0 Å². The number of thiophene rings is 1. The summed E-state index contributed by atoms with van der Waals surface area (Å²) in [6, 6.07) is 12.3. The topological polar surface area (TPSA) is 63.5 Å². The fourth-order valence-corrected chi connectivity index (χ4v) is 3.72. The number of nitrogens with zero attached hydrogens (tertiary/aromatic N) is 2. The molecule has 0 atom stereocenters. The fraction of sp³-hybridized carbons (Fsp3) is 0.0556. The van der Waals surface area contributed by atoms with Crippen molar-refractivity contribution in [2.24, 2.45) is 0 Å². The Morgan fingerprint density at radius 2 is 2.04 bits per heavy atom. The molecule has 0 radical (unpaired) electrons. The number of pyridine rings is 1. The molecule has 0 aliphatic heterocycles. The van der Waals surface area contributed by atoms with Crippen LogP contribution >= 0.6 is 22.9 Å². The molecule has 4 rings (SSSR count). The first-order valence-corrected chi connectivity index (χ1v) is 8.71. The number of nitrogens with one attached hydrogen (secondary N) is 1. The van der Waals surface area contributed by atoms with Crippen molar-refractivity contribution in [3.05, 3.63) is 74.5 Å². The summed E-state index contributed by atoms with van der Waals surface area (Å²) in [4.78, 5) is 30.7. The van der Waals surface area contributed by atoms with Crippen LogP contribution in [0.15, 0.2) is 53.5 Å². The average Bonchev–Trinajstić information content (AvgIpc) is 3.03. The van der Waals surface area contributed by atoms with E-state index in [0.29, 0.717) is 31.5 Å². The molecule has 3 aromatic heterocycles. The lowest BCUT2D eigenvalue weighted by molar-refractivity contribution is 0.103. The molecule has 0 aliphatic rings. The summed E-state index contributed by atoms with van der Waals surface area (Å²) in [7, 11) is 0. The lowest BCUT2D eigenvalue weighted by Gasteiger charge is -2.04. The van der Waals surface area contributed by atoms with Crippen molar-refractivity contribution in [1.82, 2.24) is 9.38 Å². The Hall–Kier alpha value is -2.70. The van der Waals surface area contributed by atoms with Crippen LogP contribution in [0.2, 0.25) is 5.02 Å². The number of aryl methyl sites for hydroxylation is 1. The zero-order valence-corrected chi connectivity index (χ0v) is 14.7. The van der Waals surface area contributed by atoms with Crippen molar-refractivity contribution in [2.75, 3.05) is 5.32 Å². The summed E-state index contributed by atoms with van der Waals surface area (Å²) in [5.74, 6) is -0.318. The summed E-state index contributed by atoms with van der Waals surface area (Å²) < 4.78 is 1.50. The Bertz CT molecular complexity index is 1200. The standard InChI is InChI=1S/C18H12ClN3O2S/c1-10-5-4-8-22-15(10)21-17-11(18(22)24)9-14(25-17)16(23)20-13-7-3-2-6-12(13)19/h2-9H,1H3,(H,20,23). The van der Waals surface area contributed by atoms with Crippen molar-refractivity contribution in [3.8, 4) is 0 Å². The number of fused-ring (bicyclic) bond motifs is 2. The van der Waals surface area contributed by atoms with E-state index in [1.165, 1.54) is 15.7 Å². The third-order valence-corrected chi connectivity index (χ3v) is 5.23. The van der Waals surface area contributed by atoms with Crippen LogP contribution in [0.25, 0.3) is 15.9 Å². The zero-order valence-electron chi connectivity index (χ0n) is 13.1. The zero-order chi connectivity index (χ0) is 17.6. The number of hydrogen-bond acceptors (Lipinski definition) is 4. The maximum absolute atomic E-state index is 12.7. The van der Waals surface area contributed by atoms with Gasteiger partial charge in [0.2, 0.25) is 0 Å². The highest BCUT2D eigenvalue weighted by Crippen LogP contribution is 2.26. The minimum absolute atomic E-state index is 0.184. The third-order valence-electron chi connectivity index (χ3n) is 3.88. The number of carbonyl (C=O) groups is 1. The monoisotopic (exact) mass is 369 g/mol. The molecule has 0 saturated carbocycles. The number of anilines is 1. The first kappa shape index (κ1) is 15.8. The van der Waals surface area contributed by atoms with E-state index >= 15 is 0 Å². The van der Waals surface area contributed by atoms with E-state index in [2.05, 4.69) is 10.3 Å². The molecule has 1 aromatic carbocycles. The highest BCUT2D eigenvalue weighted by Gasteiger charge is 2.16. The van der Waals surface area contributed by atoms with Crippen molar-refractivity contribution >= 4 is 50.4 Å². The number of halogens is 1. The second-order valence-electron chi connectivity index (χ2n) is 5.57. The SMILES string of the molecule is Cc1cccn2c(=O)c3cc(C(=O)Nc4ccccc4Cl)sc3nc12. The van der Waals surface area contributed by atoms with Gasteiger partial charge in [0.15, 0.2) is 0 Å². The van der Waals surface area contributed by atoms with Gasteiger partial charge in [-0.05, 0) is 36.8 Å². The van der Waals surface area contributed by atoms with Gasteiger partial charge in [0.1, 0.15) is 10.5 Å². The lowest BCUT2D eigenvalue weighted by atomic mass is 10.2. The molecule has 7 heteroatoms. The van der Waals surface area contributed by atoms with Crippen molar-refractivity contribution < 1.29 is 4.79 Å². The van der Waals surface area contributed by atoms with Crippen LogP contribution in [0.4, 0.5) is 5.69 Å². The number of amides is 1. The Balaban J connectivity index is 1.81. The number of hydrogen-bond donors (Lipinski definition) is 1. The van der Waals surface area contributed by atoms with Gasteiger partial charge in [0, 0.05) is 6.20 Å². The van der Waals surface area contributed by atoms with Crippen LogP contribution in [0.3, 0.4) is 0 Å². The van der Waals surface area contributed by atoms with E-state index in [9.17, 15) is 9.59 Å². The molecule has 0 unspecified atom stereocenters. The van der Waals surface area contributed by atoms with Gasteiger partial charge in [-0.15, -0.1) is 11.3 Å². The summed E-state index contributed by atoms with van der Waals surface area (Å²) >= 11 is 7.26. The van der Waals surface area contributed by atoms with Gasteiger partial charge in [0.05, 0.1) is 21.0 Å². The molecule has 0 fully saturated rings. The third kappa shape index (κ3) is 2.69. The van der Waals surface area contributed by atoms with Crippen molar-refractivity contribution in [1.29, 1.82) is 0 Å². The van der Waals surface area contributed by atoms with Gasteiger partial charge in [-0.25, -0.2) is 4.98 Å². The Morgan fingerprint density at radius 3 is 2.84 bits per heavy atom. The molecule has 0 aliphatic carbocycles. The molecule has 25 heavy (non-hydrogen) atoms. The molecule has 1 N–H and O–H groups in total. The predicted molar refractivity (Wildman–Crippen MR) is 101 cm³/mol. The summed E-state index contributed by atoms with van der Waals surface area (Å²) in [5, 5.41) is 3.65. The normalized spacial score (nSPS) is 11.1. The highest BCUT2D eigenvalue weighted by atomic mass is 35.5. The molecule has 4 aromatic rings. The highest BCUT2D eigenvalue weighted by molar-refractivity contribution is 7.20. The molecule has 3 heterocycles. The minimum atomic E-state index is -0.318. The van der Waals surface area contributed by atoms with Crippen LogP contribution in [0.5, 0.6) is 0 Å². The smallest absolute Gasteiger partial charge is 0.266 e. The van der Waals surface area contributed by atoms with E-state index in [1.807, 2.05) is 13.0 Å². The van der Waals surface area contributed by atoms with Crippen LogP contribution < -0.4 is 10.9 Å². The molecule has 1 amide bonds. The number of rotatable bonds is 2. The molecular weight excluding hydrogens is 358 g/mol. The Labute approximate surface area is 151 Å².